The van der Waals surface area contributed by atoms with E-state index in [2.05, 4.69) is 28.2 Å². The predicted octanol–water partition coefficient (Wildman–Crippen LogP) is 3.44. The minimum atomic E-state index is -0.466. The van der Waals surface area contributed by atoms with E-state index in [0.29, 0.717) is 23.6 Å². The van der Waals surface area contributed by atoms with Gasteiger partial charge in [0.05, 0.1) is 4.92 Å². The van der Waals surface area contributed by atoms with Gasteiger partial charge in [0.2, 0.25) is 0 Å². The van der Waals surface area contributed by atoms with Gasteiger partial charge in [-0.05, 0) is 25.3 Å². The van der Waals surface area contributed by atoms with E-state index in [0.717, 1.165) is 18.2 Å². The number of nitro benzene ring substituents is 1. The van der Waals surface area contributed by atoms with Crippen LogP contribution in [-0.2, 0) is 0 Å². The van der Waals surface area contributed by atoms with Crippen LogP contribution < -0.4 is 5.32 Å². The Labute approximate surface area is 127 Å². The lowest BCUT2D eigenvalue weighted by Gasteiger charge is -2.14. The SMILES string of the molecule is CCC(CCBr)CNC(=O)c1ccc(C)c([N+](=O)[O-])c1. The van der Waals surface area contributed by atoms with E-state index in [1.54, 1.807) is 19.1 Å². The maximum atomic E-state index is 12.0. The van der Waals surface area contributed by atoms with E-state index in [9.17, 15) is 14.9 Å². The van der Waals surface area contributed by atoms with Crippen molar-refractivity contribution < 1.29 is 9.72 Å². The van der Waals surface area contributed by atoms with Gasteiger partial charge in [-0.3, -0.25) is 14.9 Å². The van der Waals surface area contributed by atoms with E-state index in [1.807, 2.05) is 0 Å². The largest absolute Gasteiger partial charge is 0.352 e. The number of nitro groups is 1. The Bertz CT molecular complexity index is 491. The molecule has 1 aromatic rings. The van der Waals surface area contributed by atoms with Gasteiger partial charge in [-0.2, -0.15) is 0 Å². The summed E-state index contributed by atoms with van der Waals surface area (Å²) in [5.41, 5.74) is 0.860. The Morgan fingerprint density at radius 1 is 1.50 bits per heavy atom. The fourth-order valence-corrected chi connectivity index (χ4v) is 2.54. The molecule has 5 nitrogen and oxygen atoms in total. The number of nitrogens with one attached hydrogen (secondary N) is 1. The standard InChI is InChI=1S/C14H19BrN2O3/c1-3-11(6-7-15)9-16-14(18)12-5-4-10(2)13(8-12)17(19)20/h4-5,8,11H,3,6-7,9H2,1-2H3,(H,16,18). The maximum Gasteiger partial charge on any atom is 0.273 e. The van der Waals surface area contributed by atoms with Crippen LogP contribution >= 0.6 is 15.9 Å². The van der Waals surface area contributed by atoms with Gasteiger partial charge < -0.3 is 5.32 Å². The molecule has 0 fully saturated rings. The lowest BCUT2D eigenvalue weighted by atomic mass is 10.0. The molecule has 0 aliphatic carbocycles. The summed E-state index contributed by atoms with van der Waals surface area (Å²) in [5.74, 6) is 0.153. The zero-order valence-corrected chi connectivity index (χ0v) is 13.3. The number of carbonyl (C=O) groups excluding carboxylic acids is 1. The van der Waals surface area contributed by atoms with Gasteiger partial charge in [0.25, 0.3) is 11.6 Å². The van der Waals surface area contributed by atoms with E-state index in [1.165, 1.54) is 6.07 Å². The van der Waals surface area contributed by atoms with Crippen LogP contribution in [0.3, 0.4) is 0 Å². The summed E-state index contributed by atoms with van der Waals surface area (Å²) in [4.78, 5) is 22.4. The van der Waals surface area contributed by atoms with Gasteiger partial charge in [0, 0.05) is 29.1 Å². The Hall–Kier alpha value is -1.43. The number of hydrogen-bond acceptors (Lipinski definition) is 3. The van der Waals surface area contributed by atoms with Crippen LogP contribution in [0.2, 0.25) is 0 Å². The molecular formula is C14H19BrN2O3. The molecule has 1 unspecified atom stereocenters. The van der Waals surface area contributed by atoms with Crippen molar-refractivity contribution in [2.75, 3.05) is 11.9 Å². The molecule has 0 aliphatic rings. The normalized spacial score (nSPS) is 11.9. The molecule has 0 heterocycles. The van der Waals surface area contributed by atoms with Crippen molar-refractivity contribution >= 4 is 27.5 Å². The third-order valence-corrected chi connectivity index (χ3v) is 3.77. The van der Waals surface area contributed by atoms with Gasteiger partial charge in [-0.1, -0.05) is 35.3 Å². The number of aryl methyl sites for hydroxylation is 1. The van der Waals surface area contributed by atoms with E-state index in [4.69, 9.17) is 0 Å². The van der Waals surface area contributed by atoms with Gasteiger partial charge in [-0.15, -0.1) is 0 Å². The maximum absolute atomic E-state index is 12.0. The number of halogens is 1. The van der Waals surface area contributed by atoms with Crippen molar-refractivity contribution in [1.82, 2.24) is 5.32 Å². The Balaban J connectivity index is 2.73. The molecular weight excluding hydrogens is 324 g/mol. The molecule has 110 valence electrons. The van der Waals surface area contributed by atoms with Crippen LogP contribution in [0, 0.1) is 23.0 Å². The highest BCUT2D eigenvalue weighted by Crippen LogP contribution is 2.19. The molecule has 1 rings (SSSR count). The number of benzene rings is 1. The summed E-state index contributed by atoms with van der Waals surface area (Å²) in [6, 6.07) is 4.54. The molecule has 0 spiro atoms. The van der Waals surface area contributed by atoms with Crippen molar-refractivity contribution in [1.29, 1.82) is 0 Å². The first kappa shape index (κ1) is 16.6. The first-order valence-electron chi connectivity index (χ1n) is 6.58. The summed E-state index contributed by atoms with van der Waals surface area (Å²) < 4.78 is 0. The minimum absolute atomic E-state index is 0.0230. The zero-order valence-electron chi connectivity index (χ0n) is 11.7. The molecule has 1 aromatic carbocycles. The minimum Gasteiger partial charge on any atom is -0.352 e. The second kappa shape index (κ2) is 7.99. The van der Waals surface area contributed by atoms with Crippen LogP contribution in [-0.4, -0.2) is 22.7 Å². The number of rotatable bonds is 7. The summed E-state index contributed by atoms with van der Waals surface area (Å²) in [5, 5.41) is 14.6. The van der Waals surface area contributed by atoms with Gasteiger partial charge in [-0.25, -0.2) is 0 Å². The number of alkyl halides is 1. The summed E-state index contributed by atoms with van der Waals surface area (Å²) in [6.07, 6.45) is 1.98. The second-order valence-electron chi connectivity index (χ2n) is 4.72. The molecule has 0 aromatic heterocycles. The monoisotopic (exact) mass is 342 g/mol. The van der Waals surface area contributed by atoms with Crippen molar-refractivity contribution in [3.8, 4) is 0 Å². The Morgan fingerprint density at radius 2 is 2.20 bits per heavy atom. The van der Waals surface area contributed by atoms with E-state index in [-0.39, 0.29) is 11.6 Å². The van der Waals surface area contributed by atoms with Crippen LogP contribution in [0.5, 0.6) is 0 Å². The van der Waals surface area contributed by atoms with Crippen LogP contribution in [0.1, 0.15) is 35.7 Å². The van der Waals surface area contributed by atoms with Crippen LogP contribution in [0.15, 0.2) is 18.2 Å². The molecule has 0 bridgehead atoms. The highest BCUT2D eigenvalue weighted by Gasteiger charge is 2.15. The first-order chi connectivity index (χ1) is 9.49. The smallest absolute Gasteiger partial charge is 0.273 e. The fourth-order valence-electron chi connectivity index (χ4n) is 1.89. The van der Waals surface area contributed by atoms with Gasteiger partial charge in [0.1, 0.15) is 0 Å². The molecule has 1 amide bonds. The summed E-state index contributed by atoms with van der Waals surface area (Å²) in [7, 11) is 0. The highest BCUT2D eigenvalue weighted by molar-refractivity contribution is 9.09. The average molecular weight is 343 g/mol. The predicted molar refractivity (Wildman–Crippen MR) is 82.4 cm³/mol. The molecule has 0 aliphatic heterocycles. The van der Waals surface area contributed by atoms with Crippen LogP contribution in [0.25, 0.3) is 0 Å². The molecule has 20 heavy (non-hydrogen) atoms. The first-order valence-corrected chi connectivity index (χ1v) is 7.71. The van der Waals surface area contributed by atoms with E-state index < -0.39 is 4.92 Å². The molecule has 1 N–H and O–H groups in total. The molecule has 0 saturated heterocycles. The molecule has 1 atom stereocenters. The molecule has 0 radical (unpaired) electrons. The van der Waals surface area contributed by atoms with Crippen molar-refractivity contribution in [2.45, 2.75) is 26.7 Å². The molecule has 0 saturated carbocycles. The number of carbonyl (C=O) groups is 1. The quantitative estimate of drug-likeness (QED) is 0.468. The van der Waals surface area contributed by atoms with Crippen molar-refractivity contribution in [2.24, 2.45) is 5.92 Å². The van der Waals surface area contributed by atoms with Gasteiger partial charge in [0.15, 0.2) is 0 Å². The number of amides is 1. The summed E-state index contributed by atoms with van der Waals surface area (Å²) in [6.45, 7) is 4.32. The second-order valence-corrected chi connectivity index (χ2v) is 5.51. The zero-order chi connectivity index (χ0) is 15.1. The number of hydrogen-bond donors (Lipinski definition) is 1. The molecule has 6 heteroatoms. The lowest BCUT2D eigenvalue weighted by molar-refractivity contribution is -0.385. The third-order valence-electron chi connectivity index (χ3n) is 3.31. The summed E-state index contributed by atoms with van der Waals surface area (Å²) >= 11 is 3.39. The lowest BCUT2D eigenvalue weighted by Crippen LogP contribution is -2.29. The highest BCUT2D eigenvalue weighted by atomic mass is 79.9. The third kappa shape index (κ3) is 4.59. The van der Waals surface area contributed by atoms with Crippen LogP contribution in [0.4, 0.5) is 5.69 Å². The Kier molecular flexibility index (Phi) is 6.64. The van der Waals surface area contributed by atoms with E-state index >= 15 is 0 Å². The number of nitrogens with zero attached hydrogens (tertiary/aromatic N) is 1. The average Bonchev–Trinajstić information content (AvgIpc) is 2.43. The fraction of sp³-hybridized carbons (Fsp3) is 0.500. The van der Waals surface area contributed by atoms with Crippen molar-refractivity contribution in [3.05, 3.63) is 39.4 Å². The topological polar surface area (TPSA) is 72.2 Å². The van der Waals surface area contributed by atoms with Crippen molar-refractivity contribution in [3.63, 3.8) is 0 Å². The Morgan fingerprint density at radius 3 is 2.75 bits per heavy atom. The van der Waals surface area contributed by atoms with Gasteiger partial charge >= 0.3 is 0 Å².